The summed E-state index contributed by atoms with van der Waals surface area (Å²) in [6.45, 7) is 0.737. The molecule has 1 fully saturated rings. The average Bonchev–Trinajstić information content (AvgIpc) is 2.51. The average molecular weight is 195 g/mol. The Kier molecular flexibility index (Phi) is 2.42. The van der Waals surface area contributed by atoms with Gasteiger partial charge in [-0.15, -0.1) is 0 Å². The summed E-state index contributed by atoms with van der Waals surface area (Å²) in [5.74, 6) is 0. The number of alkyl halides is 1. The lowest BCUT2D eigenvalue weighted by atomic mass is 9.95. The fourth-order valence-electron chi connectivity index (χ4n) is 1.79. The Bertz CT molecular complexity index is 321. The molecule has 0 aliphatic carbocycles. The van der Waals surface area contributed by atoms with E-state index in [1.807, 2.05) is 18.2 Å². The fourth-order valence-corrected chi connectivity index (χ4v) is 1.79. The third-order valence-corrected chi connectivity index (χ3v) is 2.53. The minimum Gasteiger partial charge on any atom is -0.399 e. The number of nitrogens with two attached hydrogens (primary N) is 1. The minimum absolute atomic E-state index is 0.210. The van der Waals surface area contributed by atoms with Crippen molar-refractivity contribution in [2.45, 2.75) is 18.5 Å². The SMILES string of the molecule is Nc1cccc(CC2(F)CCOC2)c1. The van der Waals surface area contributed by atoms with E-state index in [-0.39, 0.29) is 6.61 Å². The highest BCUT2D eigenvalue weighted by atomic mass is 19.1. The van der Waals surface area contributed by atoms with Gasteiger partial charge in [0.15, 0.2) is 0 Å². The van der Waals surface area contributed by atoms with E-state index in [4.69, 9.17) is 10.5 Å². The van der Waals surface area contributed by atoms with Crippen LogP contribution in [0, 0.1) is 0 Å². The van der Waals surface area contributed by atoms with Gasteiger partial charge in [-0.2, -0.15) is 0 Å². The van der Waals surface area contributed by atoms with Gasteiger partial charge in [0.1, 0.15) is 5.67 Å². The van der Waals surface area contributed by atoms with E-state index in [9.17, 15) is 4.39 Å². The molecule has 1 saturated heterocycles. The Morgan fingerprint density at radius 1 is 1.50 bits per heavy atom. The van der Waals surface area contributed by atoms with Gasteiger partial charge in [-0.3, -0.25) is 0 Å². The third kappa shape index (κ3) is 2.04. The number of nitrogen functional groups attached to an aromatic ring is 1. The largest absolute Gasteiger partial charge is 0.399 e. The van der Waals surface area contributed by atoms with Crippen LogP contribution >= 0.6 is 0 Å². The minimum atomic E-state index is -1.19. The molecular formula is C11H14FNO. The number of anilines is 1. The van der Waals surface area contributed by atoms with Crippen LogP contribution in [-0.4, -0.2) is 18.9 Å². The third-order valence-electron chi connectivity index (χ3n) is 2.53. The van der Waals surface area contributed by atoms with Crippen molar-refractivity contribution in [1.82, 2.24) is 0 Å². The maximum absolute atomic E-state index is 14.0. The molecule has 14 heavy (non-hydrogen) atoms. The van der Waals surface area contributed by atoms with Crippen molar-refractivity contribution in [2.24, 2.45) is 0 Å². The number of halogens is 1. The highest BCUT2D eigenvalue weighted by Crippen LogP contribution is 2.28. The van der Waals surface area contributed by atoms with Gasteiger partial charge in [-0.05, 0) is 17.7 Å². The topological polar surface area (TPSA) is 35.2 Å². The molecule has 1 atom stereocenters. The lowest BCUT2D eigenvalue weighted by Gasteiger charge is -2.17. The second-order valence-corrected chi connectivity index (χ2v) is 3.88. The van der Waals surface area contributed by atoms with Crippen LogP contribution < -0.4 is 5.73 Å². The predicted molar refractivity (Wildman–Crippen MR) is 53.8 cm³/mol. The molecule has 1 aromatic rings. The number of ether oxygens (including phenoxy) is 1. The number of hydrogen-bond acceptors (Lipinski definition) is 2. The van der Waals surface area contributed by atoms with Gasteiger partial charge in [0.2, 0.25) is 0 Å². The van der Waals surface area contributed by atoms with Gasteiger partial charge in [0.25, 0.3) is 0 Å². The van der Waals surface area contributed by atoms with Crippen LogP contribution in [0.4, 0.5) is 10.1 Å². The van der Waals surface area contributed by atoms with Gasteiger partial charge < -0.3 is 10.5 Å². The van der Waals surface area contributed by atoms with Crippen LogP contribution in [0.2, 0.25) is 0 Å². The van der Waals surface area contributed by atoms with Gasteiger partial charge in [0.05, 0.1) is 6.61 Å². The molecule has 0 saturated carbocycles. The Morgan fingerprint density at radius 2 is 2.36 bits per heavy atom. The van der Waals surface area contributed by atoms with Crippen molar-refractivity contribution in [1.29, 1.82) is 0 Å². The van der Waals surface area contributed by atoms with E-state index in [2.05, 4.69) is 0 Å². The molecule has 2 rings (SSSR count). The van der Waals surface area contributed by atoms with Crippen molar-refractivity contribution in [3.05, 3.63) is 29.8 Å². The number of benzene rings is 1. The molecule has 2 nitrogen and oxygen atoms in total. The summed E-state index contributed by atoms with van der Waals surface area (Å²) in [6, 6.07) is 7.37. The van der Waals surface area contributed by atoms with Gasteiger partial charge in [0, 0.05) is 25.1 Å². The number of rotatable bonds is 2. The van der Waals surface area contributed by atoms with Crippen molar-refractivity contribution in [2.75, 3.05) is 18.9 Å². The van der Waals surface area contributed by atoms with E-state index in [0.717, 1.165) is 5.56 Å². The van der Waals surface area contributed by atoms with E-state index in [0.29, 0.717) is 25.1 Å². The summed E-state index contributed by atoms with van der Waals surface area (Å²) in [4.78, 5) is 0. The molecule has 3 heteroatoms. The molecular weight excluding hydrogens is 181 g/mol. The lowest BCUT2D eigenvalue weighted by Crippen LogP contribution is -2.25. The van der Waals surface area contributed by atoms with Gasteiger partial charge >= 0.3 is 0 Å². The molecule has 2 N–H and O–H groups in total. The van der Waals surface area contributed by atoms with Gasteiger partial charge in [-0.1, -0.05) is 12.1 Å². The van der Waals surface area contributed by atoms with Crippen LogP contribution in [-0.2, 0) is 11.2 Å². The second-order valence-electron chi connectivity index (χ2n) is 3.88. The maximum atomic E-state index is 14.0. The first kappa shape index (κ1) is 9.46. The molecule has 0 amide bonds. The Hall–Kier alpha value is -1.09. The van der Waals surface area contributed by atoms with Crippen molar-refractivity contribution >= 4 is 5.69 Å². The summed E-state index contributed by atoms with van der Waals surface area (Å²) < 4.78 is 19.0. The molecule has 0 aromatic heterocycles. The highest BCUT2D eigenvalue weighted by molar-refractivity contribution is 5.41. The molecule has 0 bridgehead atoms. The smallest absolute Gasteiger partial charge is 0.140 e. The summed E-state index contributed by atoms with van der Waals surface area (Å²) >= 11 is 0. The Morgan fingerprint density at radius 3 is 3.00 bits per heavy atom. The van der Waals surface area contributed by atoms with Gasteiger partial charge in [-0.25, -0.2) is 4.39 Å². The first-order valence-electron chi connectivity index (χ1n) is 4.79. The van der Waals surface area contributed by atoms with Crippen LogP contribution in [0.25, 0.3) is 0 Å². The standard InChI is InChI=1S/C11H14FNO/c12-11(4-5-14-8-11)7-9-2-1-3-10(13)6-9/h1-3,6H,4-5,7-8,13H2. The van der Waals surface area contributed by atoms with Crippen LogP contribution in [0.15, 0.2) is 24.3 Å². The Labute approximate surface area is 82.9 Å². The molecule has 1 heterocycles. The monoisotopic (exact) mass is 195 g/mol. The molecule has 1 aliphatic rings. The predicted octanol–water partition coefficient (Wildman–Crippen LogP) is 1.94. The summed E-state index contributed by atoms with van der Waals surface area (Å²) in [5.41, 5.74) is 6.06. The zero-order valence-corrected chi connectivity index (χ0v) is 8.00. The fraction of sp³-hybridized carbons (Fsp3) is 0.455. The van der Waals surface area contributed by atoms with Crippen molar-refractivity contribution in [3.63, 3.8) is 0 Å². The summed E-state index contributed by atoms with van der Waals surface area (Å²) in [6.07, 6.45) is 0.889. The molecule has 1 unspecified atom stereocenters. The zero-order valence-electron chi connectivity index (χ0n) is 8.00. The first-order chi connectivity index (χ1) is 6.68. The van der Waals surface area contributed by atoms with E-state index < -0.39 is 5.67 Å². The highest BCUT2D eigenvalue weighted by Gasteiger charge is 2.34. The van der Waals surface area contributed by atoms with E-state index in [1.165, 1.54) is 0 Å². The quantitative estimate of drug-likeness (QED) is 0.732. The zero-order chi connectivity index (χ0) is 10.0. The molecule has 1 aromatic carbocycles. The lowest BCUT2D eigenvalue weighted by molar-refractivity contribution is 0.112. The van der Waals surface area contributed by atoms with Crippen LogP contribution in [0.1, 0.15) is 12.0 Å². The van der Waals surface area contributed by atoms with Crippen molar-refractivity contribution in [3.8, 4) is 0 Å². The second kappa shape index (κ2) is 3.58. The molecule has 0 radical (unpaired) electrons. The molecule has 1 aliphatic heterocycles. The van der Waals surface area contributed by atoms with E-state index in [1.54, 1.807) is 6.07 Å². The number of hydrogen-bond donors (Lipinski definition) is 1. The first-order valence-corrected chi connectivity index (χ1v) is 4.79. The maximum Gasteiger partial charge on any atom is 0.140 e. The van der Waals surface area contributed by atoms with Crippen molar-refractivity contribution < 1.29 is 9.13 Å². The summed E-state index contributed by atoms with van der Waals surface area (Å²) in [7, 11) is 0. The normalized spacial score (nSPS) is 26.6. The molecule has 76 valence electrons. The van der Waals surface area contributed by atoms with E-state index >= 15 is 0 Å². The Balaban J connectivity index is 2.10. The van der Waals surface area contributed by atoms with Crippen LogP contribution in [0.5, 0.6) is 0 Å². The van der Waals surface area contributed by atoms with Crippen LogP contribution in [0.3, 0.4) is 0 Å². The molecule has 0 spiro atoms. The summed E-state index contributed by atoms with van der Waals surface area (Å²) in [5, 5.41) is 0.